The molecule has 0 aliphatic heterocycles. The number of hydrogen-bond acceptors (Lipinski definition) is 2. The van der Waals surface area contributed by atoms with E-state index in [1.54, 1.807) is 0 Å². The first kappa shape index (κ1) is 31.0. The van der Waals surface area contributed by atoms with Gasteiger partial charge in [-0.25, -0.2) is 0 Å². The molecule has 2 aliphatic rings. The van der Waals surface area contributed by atoms with Crippen molar-refractivity contribution < 1.29 is 0 Å². The second-order valence-electron chi connectivity index (χ2n) is 14.3. The van der Waals surface area contributed by atoms with E-state index in [4.69, 9.17) is 0 Å². The van der Waals surface area contributed by atoms with Gasteiger partial charge >= 0.3 is 0 Å². The van der Waals surface area contributed by atoms with E-state index in [0.717, 1.165) is 6.42 Å². The van der Waals surface area contributed by atoms with Crippen LogP contribution >= 0.6 is 0 Å². The number of hydrogen-bond donors (Lipinski definition) is 0. The largest absolute Gasteiger partial charge is 0.359 e. The molecule has 0 amide bonds. The van der Waals surface area contributed by atoms with Gasteiger partial charge in [0, 0.05) is 28.3 Å². The van der Waals surface area contributed by atoms with Crippen molar-refractivity contribution >= 4 is 22.7 Å². The molecule has 232 valence electrons. The van der Waals surface area contributed by atoms with Crippen molar-refractivity contribution in [2.24, 2.45) is 5.92 Å². The van der Waals surface area contributed by atoms with Crippen molar-refractivity contribution in [1.82, 2.24) is 0 Å². The highest BCUT2D eigenvalue weighted by molar-refractivity contribution is 5.77. The van der Waals surface area contributed by atoms with Crippen LogP contribution in [0, 0.1) is 33.6 Å². The Hall–Kier alpha value is -4.04. The van der Waals surface area contributed by atoms with Gasteiger partial charge in [-0.05, 0) is 155 Å². The summed E-state index contributed by atoms with van der Waals surface area (Å²) in [6.45, 7) is 16.2. The van der Waals surface area contributed by atoms with Crippen LogP contribution in [0.5, 0.6) is 0 Å². The standard InChI is InChI=1S/C43H50N2/c1-30-12-8-16-36(24-30)44(37-17-9-13-31(2)25-37)38-20-21-41(34(5)28-38)42-22-23-43(7,29-35(42)6)45(39-18-10-14-32(3)26-39)40-19-11-15-33(4)27-40/h8-21,24-26,28,35,40,42H,22-23,27,29H2,1-7H3. The first-order valence-corrected chi connectivity index (χ1v) is 16.9. The lowest BCUT2D eigenvalue weighted by molar-refractivity contribution is 0.204. The fourth-order valence-corrected chi connectivity index (χ4v) is 8.24. The molecule has 1 saturated carbocycles. The Balaban J connectivity index is 1.30. The van der Waals surface area contributed by atoms with Gasteiger partial charge in [0.25, 0.3) is 0 Å². The Bertz CT molecular complexity index is 1680. The molecule has 0 N–H and O–H groups in total. The van der Waals surface area contributed by atoms with Crippen LogP contribution in [0.1, 0.15) is 80.2 Å². The lowest BCUT2D eigenvalue weighted by Gasteiger charge is -2.52. The summed E-state index contributed by atoms with van der Waals surface area (Å²) in [6, 6.07) is 34.5. The molecule has 4 atom stereocenters. The van der Waals surface area contributed by atoms with Crippen LogP contribution in [0.2, 0.25) is 0 Å². The van der Waals surface area contributed by atoms with Gasteiger partial charge < -0.3 is 9.80 Å². The van der Waals surface area contributed by atoms with E-state index in [2.05, 4.69) is 167 Å². The molecule has 0 bridgehead atoms. The number of anilines is 4. The molecule has 0 aromatic heterocycles. The Morgan fingerprint density at radius 1 is 0.689 bits per heavy atom. The SMILES string of the molecule is CC1=CC=CC(N(c2cccc(C)c2)C2(C)CCC(c3ccc(N(c4cccc(C)c4)c4cccc(C)c4)cc3C)C(C)C2)C1. The third-order valence-electron chi connectivity index (χ3n) is 10.3. The third-order valence-corrected chi connectivity index (χ3v) is 10.3. The van der Waals surface area contributed by atoms with Gasteiger partial charge in [-0.15, -0.1) is 0 Å². The quantitative estimate of drug-likeness (QED) is 0.210. The number of aryl methyl sites for hydroxylation is 4. The number of rotatable bonds is 7. The molecular weight excluding hydrogens is 544 g/mol. The molecule has 4 aromatic rings. The summed E-state index contributed by atoms with van der Waals surface area (Å²) >= 11 is 0. The van der Waals surface area contributed by atoms with Gasteiger partial charge in [0.1, 0.15) is 0 Å². The van der Waals surface area contributed by atoms with Crippen LogP contribution in [-0.2, 0) is 0 Å². The molecule has 0 spiro atoms. The first-order valence-electron chi connectivity index (χ1n) is 16.9. The Morgan fingerprint density at radius 3 is 1.82 bits per heavy atom. The van der Waals surface area contributed by atoms with Crippen molar-refractivity contribution in [2.75, 3.05) is 9.80 Å². The maximum absolute atomic E-state index is 2.78. The van der Waals surface area contributed by atoms with E-state index in [1.165, 1.54) is 75.4 Å². The molecule has 2 nitrogen and oxygen atoms in total. The van der Waals surface area contributed by atoms with E-state index < -0.39 is 0 Å². The van der Waals surface area contributed by atoms with Gasteiger partial charge in [-0.3, -0.25) is 0 Å². The minimum Gasteiger partial charge on any atom is -0.359 e. The number of allylic oxidation sites excluding steroid dienone is 2. The van der Waals surface area contributed by atoms with Crippen molar-refractivity contribution in [3.8, 4) is 0 Å². The third kappa shape index (κ3) is 6.52. The van der Waals surface area contributed by atoms with Crippen LogP contribution < -0.4 is 9.80 Å². The van der Waals surface area contributed by atoms with Crippen molar-refractivity contribution in [3.05, 3.63) is 143 Å². The highest BCUT2D eigenvalue weighted by Gasteiger charge is 2.43. The summed E-state index contributed by atoms with van der Waals surface area (Å²) < 4.78 is 0. The predicted octanol–water partition coefficient (Wildman–Crippen LogP) is 11.8. The van der Waals surface area contributed by atoms with Crippen molar-refractivity contribution in [2.45, 2.75) is 91.6 Å². The molecular formula is C43H50N2. The topological polar surface area (TPSA) is 6.48 Å². The minimum atomic E-state index is 0.0946. The lowest BCUT2D eigenvalue weighted by Crippen LogP contribution is -2.55. The molecule has 0 heterocycles. The van der Waals surface area contributed by atoms with E-state index >= 15 is 0 Å². The van der Waals surface area contributed by atoms with Crippen LogP contribution in [0.3, 0.4) is 0 Å². The smallest absolute Gasteiger partial charge is 0.0518 e. The molecule has 1 fully saturated rings. The predicted molar refractivity (Wildman–Crippen MR) is 194 cm³/mol. The van der Waals surface area contributed by atoms with Crippen molar-refractivity contribution in [3.63, 3.8) is 0 Å². The van der Waals surface area contributed by atoms with Gasteiger partial charge in [-0.2, -0.15) is 0 Å². The zero-order valence-corrected chi connectivity index (χ0v) is 28.3. The second kappa shape index (κ2) is 12.8. The van der Waals surface area contributed by atoms with Gasteiger partial charge in [-0.1, -0.05) is 73.2 Å². The normalized spacial score (nSPS) is 23.0. The van der Waals surface area contributed by atoms with Crippen LogP contribution in [0.4, 0.5) is 22.7 Å². The number of benzene rings is 4. The molecule has 2 heteroatoms. The summed E-state index contributed by atoms with van der Waals surface area (Å²) in [6.07, 6.45) is 11.6. The summed E-state index contributed by atoms with van der Waals surface area (Å²) in [4.78, 5) is 5.18. The van der Waals surface area contributed by atoms with E-state index in [0.29, 0.717) is 17.9 Å². The Morgan fingerprint density at radius 2 is 1.27 bits per heavy atom. The minimum absolute atomic E-state index is 0.0946. The van der Waals surface area contributed by atoms with E-state index in [9.17, 15) is 0 Å². The summed E-state index contributed by atoms with van der Waals surface area (Å²) in [5.41, 5.74) is 13.3. The van der Waals surface area contributed by atoms with Gasteiger partial charge in [0.05, 0.1) is 6.04 Å². The van der Waals surface area contributed by atoms with Crippen LogP contribution in [0.25, 0.3) is 0 Å². The van der Waals surface area contributed by atoms with Gasteiger partial charge in [0.15, 0.2) is 0 Å². The average Bonchev–Trinajstić information content (AvgIpc) is 2.98. The first-order chi connectivity index (χ1) is 21.6. The van der Waals surface area contributed by atoms with Gasteiger partial charge in [0.2, 0.25) is 0 Å². The van der Waals surface area contributed by atoms with Crippen LogP contribution in [0.15, 0.2) is 115 Å². The van der Waals surface area contributed by atoms with Crippen molar-refractivity contribution in [1.29, 1.82) is 0 Å². The molecule has 0 saturated heterocycles. The maximum Gasteiger partial charge on any atom is 0.0518 e. The van der Waals surface area contributed by atoms with E-state index in [1.807, 2.05) is 0 Å². The summed E-state index contributed by atoms with van der Waals surface area (Å²) in [5.74, 6) is 1.14. The molecule has 4 unspecified atom stereocenters. The van der Waals surface area contributed by atoms with E-state index in [-0.39, 0.29) is 5.54 Å². The highest BCUT2D eigenvalue weighted by atomic mass is 15.2. The monoisotopic (exact) mass is 594 g/mol. The molecule has 0 radical (unpaired) electrons. The fraction of sp³-hybridized carbons (Fsp3) is 0.349. The molecule has 4 aromatic carbocycles. The fourth-order valence-electron chi connectivity index (χ4n) is 8.24. The highest BCUT2D eigenvalue weighted by Crippen LogP contribution is 2.48. The average molecular weight is 595 g/mol. The zero-order valence-electron chi connectivity index (χ0n) is 28.3. The molecule has 2 aliphatic carbocycles. The Kier molecular flexibility index (Phi) is 8.78. The van der Waals surface area contributed by atoms with Crippen LogP contribution in [-0.4, -0.2) is 11.6 Å². The zero-order chi connectivity index (χ0) is 31.7. The summed E-state index contributed by atoms with van der Waals surface area (Å²) in [7, 11) is 0. The number of nitrogens with zero attached hydrogens (tertiary/aromatic N) is 2. The summed E-state index contributed by atoms with van der Waals surface area (Å²) in [5, 5.41) is 0. The molecule has 45 heavy (non-hydrogen) atoms. The Labute approximate surface area is 272 Å². The lowest BCUT2D eigenvalue weighted by atomic mass is 9.67. The maximum atomic E-state index is 2.78. The second-order valence-corrected chi connectivity index (χ2v) is 14.3. The molecule has 6 rings (SSSR count).